The summed E-state index contributed by atoms with van der Waals surface area (Å²) >= 11 is 0. The van der Waals surface area contributed by atoms with Crippen LogP contribution in [-0.2, 0) is 6.54 Å². The van der Waals surface area contributed by atoms with E-state index in [1.807, 2.05) is 25.1 Å². The van der Waals surface area contributed by atoms with Crippen LogP contribution in [0.4, 0.5) is 13.2 Å². The van der Waals surface area contributed by atoms with Gasteiger partial charge in [-0.1, -0.05) is 54.6 Å². The fourth-order valence-corrected chi connectivity index (χ4v) is 2.86. The normalized spacial score (nSPS) is 13.0. The molecular weight excluding hydrogens is 327 g/mol. The Kier molecular flexibility index (Phi) is 4.95. The van der Waals surface area contributed by atoms with Gasteiger partial charge in [0.25, 0.3) is 0 Å². The van der Waals surface area contributed by atoms with E-state index >= 15 is 0 Å². The van der Waals surface area contributed by atoms with Crippen molar-refractivity contribution in [1.82, 2.24) is 5.32 Å². The third kappa shape index (κ3) is 4.51. The van der Waals surface area contributed by atoms with E-state index in [4.69, 9.17) is 0 Å². The van der Waals surface area contributed by atoms with Crippen molar-refractivity contribution in [3.05, 3.63) is 77.9 Å². The Labute approximate surface area is 144 Å². The Hall–Kier alpha value is -2.53. The van der Waals surface area contributed by atoms with E-state index in [0.717, 1.165) is 16.5 Å². The summed E-state index contributed by atoms with van der Waals surface area (Å²) in [5.74, 6) is -0.204. The van der Waals surface area contributed by atoms with Crippen LogP contribution in [0.3, 0.4) is 0 Å². The summed E-state index contributed by atoms with van der Waals surface area (Å²) in [5, 5.41) is 5.69. The highest BCUT2D eigenvalue weighted by atomic mass is 19.4. The van der Waals surface area contributed by atoms with Crippen LogP contribution in [-0.4, -0.2) is 6.36 Å². The van der Waals surface area contributed by atoms with E-state index in [-0.39, 0.29) is 11.8 Å². The molecule has 0 aliphatic carbocycles. The average molecular weight is 345 g/mol. The Balaban J connectivity index is 1.72. The van der Waals surface area contributed by atoms with Crippen molar-refractivity contribution in [2.24, 2.45) is 0 Å². The van der Waals surface area contributed by atoms with Crippen LogP contribution in [0.15, 0.2) is 66.7 Å². The summed E-state index contributed by atoms with van der Waals surface area (Å²) in [7, 11) is 0. The Morgan fingerprint density at radius 3 is 2.48 bits per heavy atom. The second-order valence-corrected chi connectivity index (χ2v) is 5.87. The van der Waals surface area contributed by atoms with Gasteiger partial charge in [-0.15, -0.1) is 13.2 Å². The monoisotopic (exact) mass is 345 g/mol. The molecular formula is C20H18F3NO. The molecule has 0 aliphatic rings. The molecule has 0 unspecified atom stereocenters. The van der Waals surface area contributed by atoms with Crippen molar-refractivity contribution >= 4 is 10.8 Å². The minimum absolute atomic E-state index is 0.0540. The minimum atomic E-state index is -4.68. The average Bonchev–Trinajstić information content (AvgIpc) is 2.58. The highest BCUT2D eigenvalue weighted by Crippen LogP contribution is 2.26. The summed E-state index contributed by atoms with van der Waals surface area (Å²) in [6.07, 6.45) is -4.68. The maximum absolute atomic E-state index is 12.3. The number of hydrogen-bond acceptors (Lipinski definition) is 2. The van der Waals surface area contributed by atoms with Gasteiger partial charge in [0.1, 0.15) is 5.75 Å². The number of alkyl halides is 3. The molecule has 0 aromatic heterocycles. The van der Waals surface area contributed by atoms with Gasteiger partial charge in [-0.05, 0) is 41.0 Å². The number of rotatable bonds is 5. The molecule has 3 rings (SSSR count). The summed E-state index contributed by atoms with van der Waals surface area (Å²) in [5.41, 5.74) is 1.88. The summed E-state index contributed by atoms with van der Waals surface area (Å²) in [6.45, 7) is 2.48. The van der Waals surface area contributed by atoms with Gasteiger partial charge in [-0.2, -0.15) is 0 Å². The van der Waals surface area contributed by atoms with Crippen LogP contribution in [0.5, 0.6) is 5.75 Å². The highest BCUT2D eigenvalue weighted by molar-refractivity contribution is 5.86. The lowest BCUT2D eigenvalue weighted by atomic mass is 9.99. The fraction of sp³-hybridized carbons (Fsp3) is 0.200. The van der Waals surface area contributed by atoms with Crippen LogP contribution in [0.25, 0.3) is 10.8 Å². The Morgan fingerprint density at radius 2 is 1.68 bits per heavy atom. The first-order valence-corrected chi connectivity index (χ1v) is 7.98. The molecule has 25 heavy (non-hydrogen) atoms. The van der Waals surface area contributed by atoms with Crippen LogP contribution in [0, 0.1) is 0 Å². The molecule has 0 saturated carbocycles. The first-order valence-electron chi connectivity index (χ1n) is 7.98. The molecule has 1 N–H and O–H groups in total. The predicted molar refractivity (Wildman–Crippen MR) is 92.3 cm³/mol. The van der Waals surface area contributed by atoms with E-state index in [0.29, 0.717) is 6.54 Å². The molecule has 130 valence electrons. The smallest absolute Gasteiger partial charge is 0.406 e. The van der Waals surface area contributed by atoms with Crippen LogP contribution >= 0.6 is 0 Å². The van der Waals surface area contributed by atoms with Crippen molar-refractivity contribution in [3.8, 4) is 5.75 Å². The third-order valence-electron chi connectivity index (χ3n) is 4.03. The first kappa shape index (κ1) is 17.3. The summed E-state index contributed by atoms with van der Waals surface area (Å²) in [4.78, 5) is 0. The zero-order chi connectivity index (χ0) is 17.9. The van der Waals surface area contributed by atoms with Crippen molar-refractivity contribution < 1.29 is 17.9 Å². The Morgan fingerprint density at radius 1 is 0.960 bits per heavy atom. The number of hydrogen-bond donors (Lipinski definition) is 1. The van der Waals surface area contributed by atoms with Crippen LogP contribution in [0.2, 0.25) is 0 Å². The largest absolute Gasteiger partial charge is 0.573 e. The zero-order valence-corrected chi connectivity index (χ0v) is 13.7. The quantitative estimate of drug-likeness (QED) is 0.651. The van der Waals surface area contributed by atoms with Gasteiger partial charge in [0.2, 0.25) is 0 Å². The zero-order valence-electron chi connectivity index (χ0n) is 13.7. The molecule has 0 fully saturated rings. The van der Waals surface area contributed by atoms with Crippen LogP contribution in [0.1, 0.15) is 24.1 Å². The first-order chi connectivity index (χ1) is 11.9. The summed E-state index contributed by atoms with van der Waals surface area (Å²) < 4.78 is 40.9. The fourth-order valence-electron chi connectivity index (χ4n) is 2.86. The molecule has 0 spiro atoms. The molecule has 0 aliphatic heterocycles. The lowest BCUT2D eigenvalue weighted by molar-refractivity contribution is -0.274. The predicted octanol–water partition coefficient (Wildman–Crippen LogP) is 5.59. The van der Waals surface area contributed by atoms with Crippen LogP contribution < -0.4 is 10.1 Å². The van der Waals surface area contributed by atoms with Gasteiger partial charge in [0, 0.05) is 12.6 Å². The second kappa shape index (κ2) is 7.15. The molecule has 3 aromatic rings. The number of benzene rings is 3. The van der Waals surface area contributed by atoms with Gasteiger partial charge >= 0.3 is 6.36 Å². The lowest BCUT2D eigenvalue weighted by Crippen LogP contribution is -2.19. The van der Waals surface area contributed by atoms with E-state index < -0.39 is 6.36 Å². The molecule has 0 radical (unpaired) electrons. The minimum Gasteiger partial charge on any atom is -0.406 e. The molecule has 0 bridgehead atoms. The standard InChI is InChI=1S/C20H18F3NO/c1-14(18-11-5-8-16-7-2-3-10-19(16)18)24-13-15-6-4-9-17(12-15)25-20(21,22)23/h2-12,14,24H,13H2,1H3/t14-/m1/s1. The number of ether oxygens (including phenoxy) is 1. The van der Waals surface area contributed by atoms with E-state index in [2.05, 4.69) is 34.3 Å². The van der Waals surface area contributed by atoms with E-state index in [1.54, 1.807) is 12.1 Å². The maximum Gasteiger partial charge on any atom is 0.573 e. The summed E-state index contributed by atoms with van der Waals surface area (Å²) in [6, 6.07) is 20.3. The number of halogens is 3. The molecule has 5 heteroatoms. The van der Waals surface area contributed by atoms with Gasteiger partial charge in [0.05, 0.1) is 0 Å². The van der Waals surface area contributed by atoms with Crippen molar-refractivity contribution in [2.75, 3.05) is 0 Å². The molecule has 1 atom stereocenters. The maximum atomic E-state index is 12.3. The van der Waals surface area contributed by atoms with E-state index in [1.165, 1.54) is 17.5 Å². The lowest BCUT2D eigenvalue weighted by Gasteiger charge is -2.17. The van der Waals surface area contributed by atoms with Crippen molar-refractivity contribution in [1.29, 1.82) is 0 Å². The van der Waals surface area contributed by atoms with Gasteiger partial charge in [-0.3, -0.25) is 0 Å². The Bertz CT molecular complexity index is 855. The topological polar surface area (TPSA) is 21.3 Å². The number of fused-ring (bicyclic) bond motifs is 1. The molecule has 2 nitrogen and oxygen atoms in total. The van der Waals surface area contributed by atoms with Gasteiger partial charge in [-0.25, -0.2) is 0 Å². The third-order valence-corrected chi connectivity index (χ3v) is 4.03. The highest BCUT2D eigenvalue weighted by Gasteiger charge is 2.31. The second-order valence-electron chi connectivity index (χ2n) is 5.87. The number of nitrogens with one attached hydrogen (secondary N) is 1. The van der Waals surface area contributed by atoms with Gasteiger partial charge in [0.15, 0.2) is 0 Å². The van der Waals surface area contributed by atoms with Crippen molar-refractivity contribution in [2.45, 2.75) is 25.9 Å². The van der Waals surface area contributed by atoms with E-state index in [9.17, 15) is 13.2 Å². The molecule has 0 saturated heterocycles. The molecule has 0 heterocycles. The van der Waals surface area contributed by atoms with Gasteiger partial charge < -0.3 is 10.1 Å². The molecule has 0 amide bonds. The molecule has 3 aromatic carbocycles. The van der Waals surface area contributed by atoms with Crippen molar-refractivity contribution in [3.63, 3.8) is 0 Å². The SMILES string of the molecule is C[C@@H](NCc1cccc(OC(F)(F)F)c1)c1cccc2ccccc12.